The molecule has 1 aromatic rings. The summed E-state index contributed by atoms with van der Waals surface area (Å²) in [6.45, 7) is 3.06. The lowest BCUT2D eigenvalue weighted by Crippen LogP contribution is -2.36. The zero-order valence-electron chi connectivity index (χ0n) is 11.7. The van der Waals surface area contributed by atoms with Gasteiger partial charge in [-0.05, 0) is 19.0 Å². The van der Waals surface area contributed by atoms with Crippen molar-refractivity contribution in [2.75, 3.05) is 45.1 Å². The highest BCUT2D eigenvalue weighted by Gasteiger charge is 2.23. The van der Waals surface area contributed by atoms with Gasteiger partial charge in [-0.3, -0.25) is 9.69 Å². The number of nitrogens with two attached hydrogens (primary N) is 1. The topological polar surface area (TPSA) is 69.8 Å². The third-order valence-corrected chi connectivity index (χ3v) is 3.61. The van der Waals surface area contributed by atoms with Gasteiger partial charge < -0.3 is 15.7 Å². The van der Waals surface area contributed by atoms with E-state index in [1.54, 1.807) is 4.90 Å². The van der Waals surface area contributed by atoms with Gasteiger partial charge >= 0.3 is 0 Å². The van der Waals surface area contributed by atoms with Gasteiger partial charge in [-0.1, -0.05) is 0 Å². The van der Waals surface area contributed by atoms with E-state index in [0.717, 1.165) is 25.1 Å². The van der Waals surface area contributed by atoms with Crippen LogP contribution in [0.2, 0.25) is 0 Å². The lowest BCUT2D eigenvalue weighted by atomic mass is 10.1. The Hall–Kier alpha value is -1.73. The molecule has 1 heterocycles. The zero-order chi connectivity index (χ0) is 15.4. The van der Waals surface area contributed by atoms with Crippen molar-refractivity contribution in [3.05, 3.63) is 29.3 Å². The Kier molecular flexibility index (Phi) is 5.08. The van der Waals surface area contributed by atoms with Crippen LogP contribution in [-0.4, -0.2) is 60.1 Å². The van der Waals surface area contributed by atoms with Gasteiger partial charge in [-0.15, -0.1) is 0 Å². The monoisotopic (exact) mass is 299 g/mol. The summed E-state index contributed by atoms with van der Waals surface area (Å²) in [5, 5.41) is 8.94. The number of hydrogen-bond donors (Lipinski definition) is 2. The van der Waals surface area contributed by atoms with E-state index >= 15 is 0 Å². The summed E-state index contributed by atoms with van der Waals surface area (Å²) in [5.74, 6) is -2.53. The molecule has 21 heavy (non-hydrogen) atoms. The first-order valence-corrected chi connectivity index (χ1v) is 6.90. The fraction of sp³-hybridized carbons (Fsp3) is 0.500. The van der Waals surface area contributed by atoms with Crippen molar-refractivity contribution in [3.8, 4) is 0 Å². The minimum atomic E-state index is -1.08. The van der Waals surface area contributed by atoms with Gasteiger partial charge in [0.1, 0.15) is 0 Å². The van der Waals surface area contributed by atoms with Crippen molar-refractivity contribution in [1.82, 2.24) is 9.80 Å². The molecule has 116 valence electrons. The first-order chi connectivity index (χ1) is 10.0. The van der Waals surface area contributed by atoms with E-state index in [2.05, 4.69) is 4.90 Å². The van der Waals surface area contributed by atoms with Gasteiger partial charge in [0.25, 0.3) is 5.91 Å². The third-order valence-electron chi connectivity index (χ3n) is 3.61. The summed E-state index contributed by atoms with van der Waals surface area (Å²) in [7, 11) is 0. The van der Waals surface area contributed by atoms with Crippen molar-refractivity contribution in [3.63, 3.8) is 0 Å². The maximum Gasteiger partial charge on any atom is 0.256 e. The van der Waals surface area contributed by atoms with Crippen molar-refractivity contribution < 1.29 is 18.7 Å². The average Bonchev–Trinajstić information content (AvgIpc) is 2.68. The molecule has 1 saturated heterocycles. The van der Waals surface area contributed by atoms with Crippen LogP contribution in [0, 0.1) is 11.6 Å². The first kappa shape index (κ1) is 15.7. The van der Waals surface area contributed by atoms with Crippen LogP contribution in [0.4, 0.5) is 14.5 Å². The molecule has 2 rings (SSSR count). The van der Waals surface area contributed by atoms with Crippen LogP contribution >= 0.6 is 0 Å². The second-order valence-corrected chi connectivity index (χ2v) is 5.06. The standard InChI is InChI=1S/C14H19F2N3O2/c15-11-8-10(13(17)9-12(11)16)14(21)19-3-1-2-18(4-5-19)6-7-20/h8-9,20H,1-7,17H2. The molecule has 0 aliphatic carbocycles. The molecule has 0 aromatic heterocycles. The number of aliphatic hydroxyl groups excluding tert-OH is 1. The number of hydrogen-bond acceptors (Lipinski definition) is 4. The van der Waals surface area contributed by atoms with Crippen molar-refractivity contribution in [1.29, 1.82) is 0 Å². The summed E-state index contributed by atoms with van der Waals surface area (Å²) in [4.78, 5) is 16.0. The van der Waals surface area contributed by atoms with E-state index in [-0.39, 0.29) is 17.9 Å². The van der Waals surface area contributed by atoms with Crippen LogP contribution < -0.4 is 5.73 Å². The third kappa shape index (κ3) is 3.68. The largest absolute Gasteiger partial charge is 0.398 e. The average molecular weight is 299 g/mol. The molecule has 5 nitrogen and oxygen atoms in total. The summed E-state index contributed by atoms with van der Waals surface area (Å²) >= 11 is 0. The second kappa shape index (κ2) is 6.82. The minimum absolute atomic E-state index is 0.00971. The Balaban J connectivity index is 2.11. The van der Waals surface area contributed by atoms with E-state index in [9.17, 15) is 13.6 Å². The van der Waals surface area contributed by atoms with Gasteiger partial charge in [-0.2, -0.15) is 0 Å². The molecule has 1 aromatic carbocycles. The Bertz CT molecular complexity index is 525. The Morgan fingerprint density at radius 3 is 2.62 bits per heavy atom. The number of anilines is 1. The first-order valence-electron chi connectivity index (χ1n) is 6.90. The Morgan fingerprint density at radius 2 is 1.90 bits per heavy atom. The zero-order valence-corrected chi connectivity index (χ0v) is 11.7. The van der Waals surface area contributed by atoms with Crippen LogP contribution in [0.5, 0.6) is 0 Å². The molecule has 0 saturated carbocycles. The molecular weight excluding hydrogens is 280 g/mol. The maximum absolute atomic E-state index is 13.3. The molecule has 0 atom stereocenters. The summed E-state index contributed by atoms with van der Waals surface area (Å²) in [6, 6.07) is 1.68. The summed E-state index contributed by atoms with van der Waals surface area (Å²) in [6.07, 6.45) is 0.759. The van der Waals surface area contributed by atoms with Crippen LogP contribution in [0.3, 0.4) is 0 Å². The number of carbonyl (C=O) groups excluding carboxylic acids is 1. The van der Waals surface area contributed by atoms with Gasteiger partial charge in [0.05, 0.1) is 12.2 Å². The van der Waals surface area contributed by atoms with E-state index < -0.39 is 17.5 Å². The quantitative estimate of drug-likeness (QED) is 0.806. The van der Waals surface area contributed by atoms with Gasteiger partial charge in [0, 0.05) is 37.9 Å². The second-order valence-electron chi connectivity index (χ2n) is 5.06. The lowest BCUT2D eigenvalue weighted by Gasteiger charge is -2.22. The van der Waals surface area contributed by atoms with E-state index in [4.69, 9.17) is 10.8 Å². The highest BCUT2D eigenvalue weighted by Crippen LogP contribution is 2.19. The lowest BCUT2D eigenvalue weighted by molar-refractivity contribution is 0.0761. The number of β-amino-alcohol motifs (C(OH)–C–C–N with tert-alkyl or cyclic N) is 1. The smallest absolute Gasteiger partial charge is 0.256 e. The van der Waals surface area contributed by atoms with Crippen molar-refractivity contribution in [2.45, 2.75) is 6.42 Å². The highest BCUT2D eigenvalue weighted by molar-refractivity contribution is 5.99. The number of benzene rings is 1. The predicted octanol–water partition coefficient (Wildman–Crippen LogP) is 0.687. The van der Waals surface area contributed by atoms with Gasteiger partial charge in [0.15, 0.2) is 11.6 Å². The van der Waals surface area contributed by atoms with Crippen molar-refractivity contribution >= 4 is 11.6 Å². The fourth-order valence-corrected chi connectivity index (χ4v) is 2.46. The maximum atomic E-state index is 13.3. The minimum Gasteiger partial charge on any atom is -0.398 e. The SMILES string of the molecule is Nc1cc(F)c(F)cc1C(=O)N1CCCN(CCO)CC1. The number of carbonyl (C=O) groups is 1. The predicted molar refractivity (Wildman–Crippen MR) is 74.8 cm³/mol. The number of rotatable bonds is 3. The number of nitrogens with zero attached hydrogens (tertiary/aromatic N) is 2. The number of aliphatic hydroxyl groups is 1. The summed E-state index contributed by atoms with van der Waals surface area (Å²) < 4.78 is 26.3. The van der Waals surface area contributed by atoms with Crippen LogP contribution in [-0.2, 0) is 0 Å². The van der Waals surface area contributed by atoms with Crippen LogP contribution in [0.1, 0.15) is 16.8 Å². The van der Waals surface area contributed by atoms with E-state index in [1.807, 2.05) is 0 Å². The molecule has 1 amide bonds. The molecule has 0 spiro atoms. The molecule has 1 fully saturated rings. The highest BCUT2D eigenvalue weighted by atomic mass is 19.2. The molecule has 1 aliphatic rings. The van der Waals surface area contributed by atoms with Crippen molar-refractivity contribution in [2.24, 2.45) is 0 Å². The normalized spacial score (nSPS) is 16.8. The fourth-order valence-electron chi connectivity index (χ4n) is 2.46. The van der Waals surface area contributed by atoms with E-state index in [1.165, 1.54) is 0 Å². The number of nitrogen functional groups attached to an aromatic ring is 1. The summed E-state index contributed by atoms with van der Waals surface area (Å²) in [5.41, 5.74) is 5.54. The molecule has 0 unspecified atom stereocenters. The van der Waals surface area contributed by atoms with E-state index in [0.29, 0.717) is 26.2 Å². The Labute approximate surface area is 121 Å². The molecule has 3 N–H and O–H groups in total. The number of halogens is 2. The molecule has 0 bridgehead atoms. The number of amides is 1. The van der Waals surface area contributed by atoms with Gasteiger partial charge in [0.2, 0.25) is 0 Å². The van der Waals surface area contributed by atoms with Crippen LogP contribution in [0.15, 0.2) is 12.1 Å². The molecule has 0 radical (unpaired) electrons. The molecule has 7 heteroatoms. The Morgan fingerprint density at radius 1 is 1.19 bits per heavy atom. The van der Waals surface area contributed by atoms with Gasteiger partial charge in [-0.25, -0.2) is 8.78 Å². The molecule has 1 aliphatic heterocycles. The van der Waals surface area contributed by atoms with Crippen LogP contribution in [0.25, 0.3) is 0 Å². The molecular formula is C14H19F2N3O2.